The summed E-state index contributed by atoms with van der Waals surface area (Å²) in [5.41, 5.74) is 3.70. The molecule has 3 aromatic carbocycles. The first kappa shape index (κ1) is 22.8. The smallest absolute Gasteiger partial charge is 0.264 e. The van der Waals surface area contributed by atoms with Crippen LogP contribution in [-0.2, 0) is 21.2 Å². The van der Waals surface area contributed by atoms with Gasteiger partial charge >= 0.3 is 0 Å². The third-order valence-electron chi connectivity index (χ3n) is 5.05. The summed E-state index contributed by atoms with van der Waals surface area (Å²) < 4.78 is 28.1. The van der Waals surface area contributed by atoms with Crippen molar-refractivity contribution in [2.45, 2.75) is 32.1 Å². The van der Waals surface area contributed by atoms with E-state index in [-0.39, 0.29) is 11.4 Å². The average Bonchev–Trinajstić information content (AvgIpc) is 2.74. The predicted octanol–water partition coefficient (Wildman–Crippen LogP) is 5.35. The van der Waals surface area contributed by atoms with Crippen LogP contribution in [0.25, 0.3) is 0 Å². The second kappa shape index (κ2) is 9.54. The zero-order chi connectivity index (χ0) is 22.6. The lowest BCUT2D eigenvalue weighted by atomic mass is 10.1. The first-order chi connectivity index (χ1) is 14.7. The second-order valence-electron chi connectivity index (χ2n) is 7.27. The Morgan fingerprint density at radius 1 is 0.968 bits per heavy atom. The summed E-state index contributed by atoms with van der Waals surface area (Å²) in [6, 6.07) is 18.8. The molecule has 0 bridgehead atoms. The van der Waals surface area contributed by atoms with E-state index in [9.17, 15) is 13.2 Å². The van der Waals surface area contributed by atoms with Crippen molar-refractivity contribution in [3.8, 4) is 0 Å². The summed E-state index contributed by atoms with van der Waals surface area (Å²) in [6.07, 6.45) is 0.750. The van der Waals surface area contributed by atoms with Gasteiger partial charge in [0.1, 0.15) is 6.54 Å². The predicted molar refractivity (Wildman–Crippen MR) is 126 cm³/mol. The van der Waals surface area contributed by atoms with Crippen molar-refractivity contribution in [3.05, 3.63) is 88.4 Å². The number of amides is 1. The van der Waals surface area contributed by atoms with Crippen LogP contribution in [0.4, 0.5) is 11.4 Å². The summed E-state index contributed by atoms with van der Waals surface area (Å²) in [5, 5.41) is 3.41. The van der Waals surface area contributed by atoms with Gasteiger partial charge in [0.05, 0.1) is 10.6 Å². The number of rotatable bonds is 7. The molecule has 3 aromatic rings. The number of hydrogen-bond donors (Lipinski definition) is 1. The molecule has 7 heteroatoms. The minimum atomic E-state index is -3.97. The Morgan fingerprint density at radius 2 is 1.68 bits per heavy atom. The molecule has 0 aliphatic carbocycles. The van der Waals surface area contributed by atoms with Gasteiger partial charge in [0.25, 0.3) is 10.0 Å². The molecule has 0 aromatic heterocycles. The number of aryl methyl sites for hydroxylation is 3. The van der Waals surface area contributed by atoms with Crippen molar-refractivity contribution in [1.29, 1.82) is 0 Å². The normalized spacial score (nSPS) is 11.2. The molecule has 0 fully saturated rings. The second-order valence-corrected chi connectivity index (χ2v) is 9.57. The fourth-order valence-electron chi connectivity index (χ4n) is 3.43. The molecule has 0 aliphatic rings. The number of benzene rings is 3. The van der Waals surface area contributed by atoms with Gasteiger partial charge in [0.15, 0.2) is 0 Å². The highest BCUT2D eigenvalue weighted by molar-refractivity contribution is 7.92. The van der Waals surface area contributed by atoms with Gasteiger partial charge in [-0.05, 0) is 67.3 Å². The molecule has 0 saturated heterocycles. The van der Waals surface area contributed by atoms with Crippen LogP contribution in [0.5, 0.6) is 0 Å². The van der Waals surface area contributed by atoms with Gasteiger partial charge in [-0.3, -0.25) is 9.10 Å². The molecule has 5 nitrogen and oxygen atoms in total. The monoisotopic (exact) mass is 456 g/mol. The van der Waals surface area contributed by atoms with Crippen LogP contribution in [0.1, 0.15) is 23.6 Å². The summed E-state index contributed by atoms with van der Waals surface area (Å²) >= 11 is 6.07. The van der Waals surface area contributed by atoms with Crippen LogP contribution in [0, 0.1) is 13.8 Å². The topological polar surface area (TPSA) is 66.5 Å². The molecule has 1 N–H and O–H groups in total. The highest BCUT2D eigenvalue weighted by Crippen LogP contribution is 2.29. The Balaban J connectivity index is 2.01. The number of nitrogens with one attached hydrogen (secondary N) is 1. The van der Waals surface area contributed by atoms with E-state index < -0.39 is 15.9 Å². The van der Waals surface area contributed by atoms with Gasteiger partial charge in [-0.15, -0.1) is 0 Å². The molecule has 0 atom stereocenters. The van der Waals surface area contributed by atoms with E-state index in [0.29, 0.717) is 16.3 Å². The lowest BCUT2D eigenvalue weighted by Crippen LogP contribution is -2.38. The van der Waals surface area contributed by atoms with Crippen molar-refractivity contribution in [1.82, 2.24) is 0 Å². The molecule has 31 heavy (non-hydrogen) atoms. The number of sulfonamides is 1. The molecule has 0 heterocycles. The molecule has 162 valence electrons. The van der Waals surface area contributed by atoms with E-state index in [1.54, 1.807) is 43.3 Å². The third-order valence-corrected chi connectivity index (χ3v) is 7.06. The van der Waals surface area contributed by atoms with E-state index in [0.717, 1.165) is 27.5 Å². The molecule has 0 unspecified atom stereocenters. The highest BCUT2D eigenvalue weighted by atomic mass is 35.5. The van der Waals surface area contributed by atoms with Gasteiger partial charge in [-0.1, -0.05) is 54.9 Å². The minimum Gasteiger partial charge on any atom is -0.324 e. The molecule has 1 amide bonds. The van der Waals surface area contributed by atoms with Crippen LogP contribution in [0.3, 0.4) is 0 Å². The van der Waals surface area contributed by atoms with Gasteiger partial charge in [0, 0.05) is 10.7 Å². The number of halogens is 1. The first-order valence-corrected chi connectivity index (χ1v) is 11.8. The Labute approximate surface area is 188 Å². The lowest BCUT2D eigenvalue weighted by Gasteiger charge is -2.26. The third kappa shape index (κ3) is 5.09. The maximum atomic E-state index is 13.5. The molecular weight excluding hydrogens is 432 g/mol. The number of carbonyl (C=O) groups excluding carboxylic acids is 1. The molecular formula is C24H25ClN2O3S. The van der Waals surface area contributed by atoms with Crippen LogP contribution >= 0.6 is 11.6 Å². The van der Waals surface area contributed by atoms with Crippen molar-refractivity contribution in [2.24, 2.45) is 0 Å². The van der Waals surface area contributed by atoms with Gasteiger partial charge in [0.2, 0.25) is 5.91 Å². The molecule has 0 aliphatic heterocycles. The maximum absolute atomic E-state index is 13.5. The SMILES string of the molecule is CCc1cccc(C)c1NC(=O)CN(c1ccc(Cl)cc1C)S(=O)(=O)c1ccccc1. The number of nitrogens with zero attached hydrogens (tertiary/aromatic N) is 1. The summed E-state index contributed by atoms with van der Waals surface area (Å²) in [6.45, 7) is 5.32. The summed E-state index contributed by atoms with van der Waals surface area (Å²) in [5.74, 6) is -0.419. The van der Waals surface area contributed by atoms with Crippen molar-refractivity contribution >= 4 is 38.9 Å². The van der Waals surface area contributed by atoms with Crippen molar-refractivity contribution in [2.75, 3.05) is 16.2 Å². The largest absolute Gasteiger partial charge is 0.324 e. The Kier molecular flexibility index (Phi) is 7.03. The fraction of sp³-hybridized carbons (Fsp3) is 0.208. The van der Waals surface area contributed by atoms with Crippen LogP contribution in [-0.4, -0.2) is 20.9 Å². The van der Waals surface area contributed by atoms with E-state index in [2.05, 4.69) is 5.32 Å². The maximum Gasteiger partial charge on any atom is 0.264 e. The van der Waals surface area contributed by atoms with E-state index in [1.807, 2.05) is 32.0 Å². The average molecular weight is 457 g/mol. The molecule has 0 radical (unpaired) electrons. The number of carbonyl (C=O) groups is 1. The van der Waals surface area contributed by atoms with Gasteiger partial charge < -0.3 is 5.32 Å². The van der Waals surface area contributed by atoms with Crippen LogP contribution in [0.2, 0.25) is 5.02 Å². The summed E-state index contributed by atoms with van der Waals surface area (Å²) in [7, 11) is -3.97. The summed E-state index contributed by atoms with van der Waals surface area (Å²) in [4.78, 5) is 13.1. The van der Waals surface area contributed by atoms with Crippen LogP contribution < -0.4 is 9.62 Å². The number of hydrogen-bond acceptors (Lipinski definition) is 3. The Bertz CT molecular complexity index is 1190. The zero-order valence-electron chi connectivity index (χ0n) is 17.7. The first-order valence-electron chi connectivity index (χ1n) is 9.96. The highest BCUT2D eigenvalue weighted by Gasteiger charge is 2.28. The standard InChI is InChI=1S/C24H25ClN2O3S/c1-4-19-10-8-9-17(2)24(19)26-23(28)16-27(22-14-13-20(25)15-18(22)3)31(29,30)21-11-6-5-7-12-21/h5-15H,4,16H2,1-3H3,(H,26,28). The van der Waals surface area contributed by atoms with Crippen molar-refractivity contribution < 1.29 is 13.2 Å². The van der Waals surface area contributed by atoms with E-state index >= 15 is 0 Å². The zero-order valence-corrected chi connectivity index (χ0v) is 19.3. The minimum absolute atomic E-state index is 0.113. The lowest BCUT2D eigenvalue weighted by molar-refractivity contribution is -0.114. The van der Waals surface area contributed by atoms with E-state index in [4.69, 9.17) is 11.6 Å². The number of anilines is 2. The molecule has 3 rings (SSSR count). The molecule has 0 spiro atoms. The number of para-hydroxylation sites is 1. The van der Waals surface area contributed by atoms with Crippen LogP contribution in [0.15, 0.2) is 71.6 Å². The van der Waals surface area contributed by atoms with Gasteiger partial charge in [-0.25, -0.2) is 8.42 Å². The van der Waals surface area contributed by atoms with E-state index in [1.165, 1.54) is 12.1 Å². The Morgan fingerprint density at radius 3 is 2.32 bits per heavy atom. The molecule has 0 saturated carbocycles. The Hall–Kier alpha value is -2.83. The van der Waals surface area contributed by atoms with Gasteiger partial charge in [-0.2, -0.15) is 0 Å². The van der Waals surface area contributed by atoms with Crippen molar-refractivity contribution in [3.63, 3.8) is 0 Å². The fourth-order valence-corrected chi connectivity index (χ4v) is 5.16. The quantitative estimate of drug-likeness (QED) is 0.520.